The zero-order valence-electron chi connectivity index (χ0n) is 9.63. The van der Waals surface area contributed by atoms with Crippen LogP contribution in [0.4, 0.5) is 0 Å². The first-order valence-electron chi connectivity index (χ1n) is 5.50. The number of rotatable bonds is 3. The molecule has 2 rings (SSSR count). The summed E-state index contributed by atoms with van der Waals surface area (Å²) in [4.78, 5) is 13.5. The van der Waals surface area contributed by atoms with Crippen LogP contribution in [0.1, 0.15) is 35.4 Å². The van der Waals surface area contributed by atoms with E-state index >= 15 is 0 Å². The molecule has 0 radical (unpaired) electrons. The van der Waals surface area contributed by atoms with Gasteiger partial charge in [0, 0.05) is 0 Å². The molecular formula is C13H16IO2-. The normalized spacial score (nSPS) is 18.5. The monoisotopic (exact) mass is 331 g/mol. The molecule has 0 fully saturated rings. The number of alkyl halides is 1. The Hall–Kier alpha value is -0.580. The Bertz CT molecular complexity index is 401. The Labute approximate surface area is 107 Å². The molecule has 3 heteroatoms. The topological polar surface area (TPSA) is 26.3 Å². The molecule has 1 aliphatic carbocycles. The standard InChI is InChI=1S/C13H16IO2/c1-9-4-3-5-12-10(6-7-11(9)12)8-13(15)16-14-2/h3-5,10H,6-8H2,1-2H3/q-1. The van der Waals surface area contributed by atoms with E-state index < -0.39 is 0 Å². The molecule has 1 atom stereocenters. The summed E-state index contributed by atoms with van der Waals surface area (Å²) in [5, 5.41) is 0. The summed E-state index contributed by atoms with van der Waals surface area (Å²) in [5.74, 6) is 0.368. The van der Waals surface area contributed by atoms with E-state index in [4.69, 9.17) is 3.07 Å². The van der Waals surface area contributed by atoms with Gasteiger partial charge in [-0.05, 0) is 0 Å². The fourth-order valence-corrected chi connectivity index (χ4v) is 3.12. The number of benzene rings is 1. The minimum absolute atomic E-state index is 0.0188. The molecule has 0 saturated heterocycles. The molecule has 1 aromatic carbocycles. The summed E-state index contributed by atoms with van der Waals surface area (Å²) < 4.78 is 5.12. The van der Waals surface area contributed by atoms with E-state index in [1.165, 1.54) is 16.7 Å². The second-order valence-electron chi connectivity index (χ2n) is 4.19. The van der Waals surface area contributed by atoms with Crippen LogP contribution in [0.15, 0.2) is 18.2 Å². The predicted octanol–water partition coefficient (Wildman–Crippen LogP) is -0.408. The molecule has 0 N–H and O–H groups in total. The molecule has 0 saturated carbocycles. The molecule has 0 spiro atoms. The maximum absolute atomic E-state index is 11.5. The van der Waals surface area contributed by atoms with Gasteiger partial charge >= 0.3 is 107 Å². The second-order valence-corrected chi connectivity index (χ2v) is 5.51. The molecule has 88 valence electrons. The third-order valence-electron chi connectivity index (χ3n) is 3.21. The van der Waals surface area contributed by atoms with Gasteiger partial charge in [-0.25, -0.2) is 0 Å². The van der Waals surface area contributed by atoms with Crippen molar-refractivity contribution < 1.29 is 29.5 Å². The first kappa shape index (κ1) is 11.9. The van der Waals surface area contributed by atoms with Crippen molar-refractivity contribution >= 4 is 5.97 Å². The van der Waals surface area contributed by atoms with Crippen LogP contribution in [0.25, 0.3) is 0 Å². The summed E-state index contributed by atoms with van der Waals surface area (Å²) in [5.41, 5.74) is 4.18. The van der Waals surface area contributed by atoms with E-state index in [2.05, 4.69) is 25.1 Å². The van der Waals surface area contributed by atoms with Gasteiger partial charge in [-0.1, -0.05) is 0 Å². The van der Waals surface area contributed by atoms with Gasteiger partial charge in [0.05, 0.1) is 0 Å². The molecule has 1 unspecified atom stereocenters. The van der Waals surface area contributed by atoms with Crippen LogP contribution < -0.4 is 21.6 Å². The molecule has 0 bridgehead atoms. The van der Waals surface area contributed by atoms with Gasteiger partial charge in [0.1, 0.15) is 0 Å². The van der Waals surface area contributed by atoms with Crippen molar-refractivity contribution in [3.8, 4) is 0 Å². The van der Waals surface area contributed by atoms with Crippen molar-refractivity contribution in [2.24, 2.45) is 0 Å². The van der Waals surface area contributed by atoms with Gasteiger partial charge in [-0.2, -0.15) is 0 Å². The van der Waals surface area contributed by atoms with E-state index in [-0.39, 0.29) is 27.6 Å². The number of aryl methyl sites for hydroxylation is 1. The molecular weight excluding hydrogens is 315 g/mol. The van der Waals surface area contributed by atoms with Crippen molar-refractivity contribution in [2.45, 2.75) is 32.1 Å². The van der Waals surface area contributed by atoms with Gasteiger partial charge in [0.25, 0.3) is 0 Å². The van der Waals surface area contributed by atoms with Crippen molar-refractivity contribution in [3.05, 3.63) is 34.9 Å². The summed E-state index contributed by atoms with van der Waals surface area (Å²) in [6, 6.07) is 6.40. The van der Waals surface area contributed by atoms with E-state index in [0.29, 0.717) is 12.3 Å². The fourth-order valence-electron chi connectivity index (χ4n) is 2.45. The molecule has 1 aliphatic rings. The first-order chi connectivity index (χ1) is 7.72. The molecule has 1 aromatic rings. The van der Waals surface area contributed by atoms with Crippen LogP contribution in [-0.2, 0) is 14.3 Å². The molecule has 0 heterocycles. The average Bonchev–Trinajstić information content (AvgIpc) is 2.64. The Kier molecular flexibility index (Phi) is 3.84. The Morgan fingerprint density at radius 2 is 2.38 bits per heavy atom. The van der Waals surface area contributed by atoms with Gasteiger partial charge in [-0.15, -0.1) is 0 Å². The molecule has 2 nitrogen and oxygen atoms in total. The quantitative estimate of drug-likeness (QED) is 0.556. The molecule has 0 amide bonds. The van der Waals surface area contributed by atoms with Crippen LogP contribution in [-0.4, -0.2) is 10.9 Å². The van der Waals surface area contributed by atoms with Crippen LogP contribution in [0, 0.1) is 6.92 Å². The predicted molar refractivity (Wildman–Crippen MR) is 58.9 cm³/mol. The summed E-state index contributed by atoms with van der Waals surface area (Å²) in [6.07, 6.45) is 2.77. The minimum atomic E-state index is -0.379. The summed E-state index contributed by atoms with van der Waals surface area (Å²) >= 11 is -0.379. The fraction of sp³-hybridized carbons (Fsp3) is 0.462. The van der Waals surface area contributed by atoms with Crippen LogP contribution in [0.5, 0.6) is 0 Å². The number of fused-ring (bicyclic) bond motifs is 1. The van der Waals surface area contributed by atoms with Gasteiger partial charge in [0.2, 0.25) is 0 Å². The number of halogens is 1. The molecule has 16 heavy (non-hydrogen) atoms. The van der Waals surface area contributed by atoms with Gasteiger partial charge in [0.15, 0.2) is 0 Å². The second kappa shape index (κ2) is 5.17. The summed E-state index contributed by atoms with van der Waals surface area (Å²) in [6.45, 7) is 2.15. The van der Waals surface area contributed by atoms with Crippen LogP contribution >= 0.6 is 0 Å². The van der Waals surface area contributed by atoms with Crippen LogP contribution in [0.2, 0.25) is 0 Å². The van der Waals surface area contributed by atoms with E-state index in [1.54, 1.807) is 0 Å². The summed E-state index contributed by atoms with van der Waals surface area (Å²) in [7, 11) is 0. The average molecular weight is 331 g/mol. The SMILES string of the molecule is C[I-]OC(=O)CC1CCc2c(C)cccc21. The van der Waals surface area contributed by atoms with E-state index in [9.17, 15) is 4.79 Å². The molecule has 0 aromatic heterocycles. The van der Waals surface area contributed by atoms with Crippen molar-refractivity contribution in [2.75, 3.05) is 4.93 Å². The van der Waals surface area contributed by atoms with Crippen molar-refractivity contribution in [3.63, 3.8) is 0 Å². The van der Waals surface area contributed by atoms with Crippen LogP contribution in [0.3, 0.4) is 0 Å². The Balaban J connectivity index is 2.12. The van der Waals surface area contributed by atoms with E-state index in [1.807, 2.05) is 4.93 Å². The van der Waals surface area contributed by atoms with Gasteiger partial charge in [-0.3, -0.25) is 0 Å². The number of carbonyl (C=O) groups is 1. The maximum atomic E-state index is 11.5. The number of hydrogen-bond acceptors (Lipinski definition) is 2. The number of hydrogen-bond donors (Lipinski definition) is 0. The van der Waals surface area contributed by atoms with Crippen molar-refractivity contribution in [1.82, 2.24) is 0 Å². The van der Waals surface area contributed by atoms with E-state index in [0.717, 1.165) is 12.8 Å². The third-order valence-corrected chi connectivity index (χ3v) is 4.14. The zero-order valence-corrected chi connectivity index (χ0v) is 11.8. The van der Waals surface area contributed by atoms with Gasteiger partial charge < -0.3 is 0 Å². The van der Waals surface area contributed by atoms with Crippen molar-refractivity contribution in [1.29, 1.82) is 0 Å². The molecule has 0 aliphatic heterocycles. The zero-order chi connectivity index (χ0) is 11.5. The Morgan fingerprint density at radius 1 is 1.56 bits per heavy atom. The number of carbonyl (C=O) groups excluding carboxylic acids is 1. The Morgan fingerprint density at radius 3 is 3.12 bits per heavy atom. The third kappa shape index (κ3) is 2.39. The first-order valence-corrected chi connectivity index (χ1v) is 8.54.